The summed E-state index contributed by atoms with van der Waals surface area (Å²) in [6.45, 7) is 1.07. The molecule has 0 heterocycles. The van der Waals surface area contributed by atoms with E-state index in [1.807, 2.05) is 53.6 Å². The van der Waals surface area contributed by atoms with Crippen LogP contribution in [0, 0.1) is 0 Å². The van der Waals surface area contributed by atoms with Gasteiger partial charge in [0, 0.05) is 26.1 Å². The van der Waals surface area contributed by atoms with Crippen LogP contribution in [-0.4, -0.2) is 79.4 Å². The highest BCUT2D eigenvalue weighted by molar-refractivity contribution is 7.98. The van der Waals surface area contributed by atoms with Gasteiger partial charge in [-0.3, -0.25) is 19.3 Å². The van der Waals surface area contributed by atoms with Crippen LogP contribution in [0.15, 0.2) is 42.5 Å². The van der Waals surface area contributed by atoms with E-state index in [1.165, 1.54) is 7.11 Å². The van der Waals surface area contributed by atoms with Crippen LogP contribution in [0.5, 0.6) is 0 Å². The van der Waals surface area contributed by atoms with Crippen molar-refractivity contribution in [3.63, 3.8) is 0 Å². The first-order chi connectivity index (χ1) is 17.7. The highest BCUT2D eigenvalue weighted by Gasteiger charge is 2.23. The van der Waals surface area contributed by atoms with Gasteiger partial charge in [0.15, 0.2) is 0 Å². The maximum Gasteiger partial charge on any atom is 0.328 e. The van der Waals surface area contributed by atoms with E-state index in [2.05, 4.69) is 10.6 Å². The van der Waals surface area contributed by atoms with Crippen LogP contribution in [-0.2, 0) is 30.5 Å². The smallest absolute Gasteiger partial charge is 0.328 e. The Kier molecular flexibility index (Phi) is 12.9. The number of methoxy groups -OCH3 is 1. The largest absolute Gasteiger partial charge is 0.467 e. The van der Waals surface area contributed by atoms with Gasteiger partial charge in [-0.05, 0) is 41.2 Å². The number of carbonyl (C=O) groups is 4. The zero-order chi connectivity index (χ0) is 27.2. The predicted octanol–water partition coefficient (Wildman–Crippen LogP) is 0.762. The monoisotopic (exact) mass is 531 g/mol. The van der Waals surface area contributed by atoms with Gasteiger partial charge in [0.25, 0.3) is 0 Å². The fraction of sp³-hybridized carbons (Fsp3) is 0.462. The Morgan fingerprint density at radius 3 is 2.51 bits per heavy atom. The highest BCUT2D eigenvalue weighted by Crippen LogP contribution is 2.20. The van der Waals surface area contributed by atoms with E-state index in [9.17, 15) is 19.2 Å². The number of primary amides is 1. The molecular weight excluding hydrogens is 494 g/mol. The molecule has 3 amide bonds. The molecule has 2 rings (SSSR count). The summed E-state index contributed by atoms with van der Waals surface area (Å²) in [6, 6.07) is 12.4. The Morgan fingerprint density at radius 2 is 1.81 bits per heavy atom. The van der Waals surface area contributed by atoms with Crippen LogP contribution >= 0.6 is 11.8 Å². The molecule has 0 unspecified atom stereocenters. The van der Waals surface area contributed by atoms with E-state index in [0.29, 0.717) is 25.3 Å². The average molecular weight is 532 g/mol. The summed E-state index contributed by atoms with van der Waals surface area (Å²) in [5.74, 6) is -1.01. The molecule has 2 atom stereocenters. The van der Waals surface area contributed by atoms with Gasteiger partial charge in [-0.2, -0.15) is 11.8 Å². The van der Waals surface area contributed by atoms with Crippen molar-refractivity contribution in [3.8, 4) is 0 Å². The Balaban J connectivity index is 2.10. The van der Waals surface area contributed by atoms with Crippen molar-refractivity contribution in [1.82, 2.24) is 15.5 Å². The Labute approximate surface area is 221 Å². The fourth-order valence-electron chi connectivity index (χ4n) is 3.85. The zero-order valence-corrected chi connectivity index (χ0v) is 22.2. The van der Waals surface area contributed by atoms with Crippen LogP contribution in [0.25, 0.3) is 10.8 Å². The standard InChI is InChI=1S/C26H37N5O5S/c1-36-26(35)22(12-15-37-2)30-24(33)17-31(14-13-29-25(34)21(27)10-11-23(28)32)16-19-8-5-7-18-6-3-4-9-20(18)19/h3-9,21-22H,10-17,27H2,1-2H3,(H2,28,32)(H,29,34)(H,30,33)/t21-,22-/m0/s1. The Hall–Kier alpha value is -3.15. The molecule has 0 saturated carbocycles. The van der Waals surface area contributed by atoms with E-state index >= 15 is 0 Å². The molecule has 6 N–H and O–H groups in total. The second-order valence-electron chi connectivity index (χ2n) is 8.68. The van der Waals surface area contributed by atoms with Crippen molar-refractivity contribution in [2.24, 2.45) is 11.5 Å². The van der Waals surface area contributed by atoms with Gasteiger partial charge < -0.3 is 26.8 Å². The molecule has 37 heavy (non-hydrogen) atoms. The number of amides is 3. The maximum absolute atomic E-state index is 12.9. The summed E-state index contributed by atoms with van der Waals surface area (Å²) in [5, 5.41) is 7.70. The molecule has 0 aliphatic heterocycles. The zero-order valence-electron chi connectivity index (χ0n) is 21.4. The minimum Gasteiger partial charge on any atom is -0.467 e. The van der Waals surface area contributed by atoms with Crippen LogP contribution in [0.4, 0.5) is 0 Å². The van der Waals surface area contributed by atoms with E-state index in [0.717, 1.165) is 16.3 Å². The first-order valence-electron chi connectivity index (χ1n) is 12.1. The van der Waals surface area contributed by atoms with Gasteiger partial charge in [0.1, 0.15) is 6.04 Å². The Morgan fingerprint density at radius 1 is 1.08 bits per heavy atom. The second kappa shape index (κ2) is 15.9. The van der Waals surface area contributed by atoms with Crippen molar-refractivity contribution in [3.05, 3.63) is 48.0 Å². The lowest BCUT2D eigenvalue weighted by Crippen LogP contribution is -2.48. The van der Waals surface area contributed by atoms with E-state index in [-0.39, 0.29) is 31.8 Å². The molecular formula is C26H37N5O5S. The number of hydrogen-bond acceptors (Lipinski definition) is 8. The maximum atomic E-state index is 12.9. The molecule has 202 valence electrons. The first-order valence-corrected chi connectivity index (χ1v) is 13.5. The minimum atomic E-state index is -0.848. The lowest BCUT2D eigenvalue weighted by molar-refractivity contribution is -0.145. The number of ether oxygens (including phenoxy) is 1. The van der Waals surface area contributed by atoms with Crippen molar-refractivity contribution >= 4 is 46.2 Å². The highest BCUT2D eigenvalue weighted by atomic mass is 32.2. The van der Waals surface area contributed by atoms with Crippen LogP contribution in [0.2, 0.25) is 0 Å². The molecule has 11 heteroatoms. The minimum absolute atomic E-state index is 0.0135. The third kappa shape index (κ3) is 10.4. The number of hydrogen-bond donors (Lipinski definition) is 4. The number of esters is 1. The fourth-order valence-corrected chi connectivity index (χ4v) is 4.32. The van der Waals surface area contributed by atoms with Crippen molar-refractivity contribution in [2.75, 3.05) is 38.8 Å². The van der Waals surface area contributed by atoms with Gasteiger partial charge in [0.05, 0.1) is 19.7 Å². The molecule has 0 bridgehead atoms. The number of rotatable bonds is 16. The second-order valence-corrected chi connectivity index (χ2v) is 9.66. The number of carbonyl (C=O) groups excluding carboxylic acids is 4. The normalized spacial score (nSPS) is 12.6. The van der Waals surface area contributed by atoms with Crippen molar-refractivity contribution in [2.45, 2.75) is 37.9 Å². The molecule has 0 aromatic heterocycles. The van der Waals surface area contributed by atoms with Gasteiger partial charge >= 0.3 is 5.97 Å². The third-order valence-electron chi connectivity index (χ3n) is 5.84. The van der Waals surface area contributed by atoms with Gasteiger partial charge in [-0.1, -0.05) is 42.5 Å². The summed E-state index contributed by atoms with van der Waals surface area (Å²) in [7, 11) is 1.30. The molecule has 0 spiro atoms. The van der Waals surface area contributed by atoms with Crippen LogP contribution in [0.1, 0.15) is 24.8 Å². The van der Waals surface area contributed by atoms with E-state index in [4.69, 9.17) is 16.2 Å². The van der Waals surface area contributed by atoms with Crippen molar-refractivity contribution < 1.29 is 23.9 Å². The molecule has 0 fully saturated rings. The third-order valence-corrected chi connectivity index (χ3v) is 6.48. The molecule has 0 aliphatic rings. The SMILES string of the molecule is COC(=O)[C@H](CCSC)NC(=O)CN(CCNC(=O)[C@@H](N)CCC(N)=O)Cc1cccc2ccccc12. The average Bonchev–Trinajstić information content (AvgIpc) is 2.89. The molecule has 0 radical (unpaired) electrons. The topological polar surface area (TPSA) is 157 Å². The van der Waals surface area contributed by atoms with E-state index in [1.54, 1.807) is 11.8 Å². The summed E-state index contributed by atoms with van der Waals surface area (Å²) in [4.78, 5) is 50.2. The molecule has 0 aliphatic carbocycles. The number of nitrogens with two attached hydrogens (primary N) is 2. The van der Waals surface area contributed by atoms with Gasteiger partial charge in [0.2, 0.25) is 17.7 Å². The number of nitrogens with zero attached hydrogens (tertiary/aromatic N) is 1. The lowest BCUT2D eigenvalue weighted by atomic mass is 10.0. The lowest BCUT2D eigenvalue weighted by Gasteiger charge is -2.24. The summed E-state index contributed by atoms with van der Waals surface area (Å²) < 4.78 is 4.84. The quantitative estimate of drug-likeness (QED) is 0.231. The number of fused-ring (bicyclic) bond motifs is 1. The summed E-state index contributed by atoms with van der Waals surface area (Å²) >= 11 is 1.58. The number of thioether (sulfide) groups is 1. The summed E-state index contributed by atoms with van der Waals surface area (Å²) in [5.41, 5.74) is 12.0. The predicted molar refractivity (Wildman–Crippen MR) is 146 cm³/mol. The molecule has 2 aromatic rings. The van der Waals surface area contributed by atoms with Crippen molar-refractivity contribution in [1.29, 1.82) is 0 Å². The number of nitrogens with one attached hydrogen (secondary N) is 2. The van der Waals surface area contributed by atoms with Gasteiger partial charge in [-0.25, -0.2) is 4.79 Å². The van der Waals surface area contributed by atoms with Crippen LogP contribution in [0.3, 0.4) is 0 Å². The van der Waals surface area contributed by atoms with Crippen LogP contribution < -0.4 is 22.1 Å². The molecule has 2 aromatic carbocycles. The first kappa shape index (κ1) is 30.1. The van der Waals surface area contributed by atoms with E-state index < -0.39 is 29.9 Å². The van der Waals surface area contributed by atoms with Gasteiger partial charge in [-0.15, -0.1) is 0 Å². The summed E-state index contributed by atoms with van der Waals surface area (Å²) in [6.07, 6.45) is 2.58. The Bertz CT molecular complexity index is 1060. The molecule has 10 nitrogen and oxygen atoms in total. The number of benzene rings is 2. The molecule has 0 saturated heterocycles.